The molecule has 1 aliphatic rings. The number of carbonyl (C=O) groups excluding carboxylic acids is 1. The van der Waals surface area contributed by atoms with Gasteiger partial charge in [0.15, 0.2) is 0 Å². The van der Waals surface area contributed by atoms with E-state index in [1.807, 2.05) is 0 Å². The maximum absolute atomic E-state index is 12.7. The molecule has 0 heterocycles. The molecule has 2 rings (SSSR count). The number of amides is 1. The minimum Gasteiger partial charge on any atom is -0.494 e. The highest BCUT2D eigenvalue weighted by Gasteiger charge is 2.34. The minimum atomic E-state index is -0.658. The molecule has 4 nitrogen and oxygen atoms in total. The van der Waals surface area contributed by atoms with Crippen molar-refractivity contribution in [1.82, 2.24) is 5.32 Å². The van der Waals surface area contributed by atoms with Crippen molar-refractivity contribution in [1.29, 1.82) is 5.26 Å². The zero-order valence-corrected chi connectivity index (χ0v) is 11.9. The Morgan fingerprint density at radius 3 is 2.62 bits per heavy atom. The summed E-state index contributed by atoms with van der Waals surface area (Å²) >= 11 is 0. The number of halogens is 1. The molecule has 0 unspecified atom stereocenters. The fraction of sp³-hybridized carbons (Fsp3) is 0.500. The number of hydrogen-bond acceptors (Lipinski definition) is 3. The summed E-state index contributed by atoms with van der Waals surface area (Å²) in [7, 11) is 0. The highest BCUT2D eigenvalue weighted by molar-refractivity contribution is 5.77. The second-order valence-corrected chi connectivity index (χ2v) is 5.36. The van der Waals surface area contributed by atoms with E-state index < -0.39 is 5.54 Å². The smallest absolute Gasteiger partial charge is 0.221 e. The van der Waals surface area contributed by atoms with Crippen molar-refractivity contribution in [2.75, 3.05) is 6.61 Å². The van der Waals surface area contributed by atoms with Gasteiger partial charge >= 0.3 is 0 Å². The van der Waals surface area contributed by atoms with Gasteiger partial charge in [-0.1, -0.05) is 0 Å². The van der Waals surface area contributed by atoms with Crippen LogP contribution in [-0.4, -0.2) is 18.1 Å². The van der Waals surface area contributed by atoms with Gasteiger partial charge < -0.3 is 10.1 Å². The number of ether oxygens (including phenoxy) is 1. The Hall–Kier alpha value is -2.09. The van der Waals surface area contributed by atoms with Crippen molar-refractivity contribution >= 4 is 5.91 Å². The van der Waals surface area contributed by atoms with Gasteiger partial charge in [-0.2, -0.15) is 5.26 Å². The van der Waals surface area contributed by atoms with E-state index in [0.29, 0.717) is 25.2 Å². The molecule has 0 saturated heterocycles. The van der Waals surface area contributed by atoms with Gasteiger partial charge in [-0.05, 0) is 56.4 Å². The van der Waals surface area contributed by atoms with Crippen LogP contribution in [0.3, 0.4) is 0 Å². The number of nitrogens with zero attached hydrogens (tertiary/aromatic N) is 1. The summed E-state index contributed by atoms with van der Waals surface area (Å²) in [6.45, 7) is 0.388. The van der Waals surface area contributed by atoms with E-state index in [9.17, 15) is 14.4 Å². The molecule has 0 radical (unpaired) electrons. The van der Waals surface area contributed by atoms with Gasteiger partial charge in [-0.25, -0.2) is 4.39 Å². The first-order chi connectivity index (χ1) is 10.1. The molecule has 0 aliphatic heterocycles. The normalized spacial score (nSPS) is 16.2. The monoisotopic (exact) mass is 290 g/mol. The first kappa shape index (κ1) is 15.3. The van der Waals surface area contributed by atoms with Crippen LogP contribution in [0.5, 0.6) is 5.75 Å². The number of benzene rings is 1. The number of carbonyl (C=O) groups is 1. The van der Waals surface area contributed by atoms with Crippen LogP contribution in [0.15, 0.2) is 24.3 Å². The Kier molecular flexibility index (Phi) is 5.15. The van der Waals surface area contributed by atoms with Crippen LogP contribution in [0, 0.1) is 17.1 Å². The molecule has 5 heteroatoms. The average Bonchev–Trinajstić information content (AvgIpc) is 2.94. The van der Waals surface area contributed by atoms with Crippen LogP contribution < -0.4 is 10.1 Å². The average molecular weight is 290 g/mol. The standard InChI is InChI=1S/C16H19FN2O2/c17-13-5-7-14(8-6-13)21-11-3-4-15(20)19-16(12-18)9-1-2-10-16/h5-8H,1-4,9-11H2,(H,19,20). The second kappa shape index (κ2) is 7.07. The number of hydrogen-bond donors (Lipinski definition) is 1. The van der Waals surface area contributed by atoms with E-state index in [4.69, 9.17) is 4.74 Å². The molecule has 21 heavy (non-hydrogen) atoms. The maximum atomic E-state index is 12.7. The summed E-state index contributed by atoms with van der Waals surface area (Å²) in [4.78, 5) is 11.9. The van der Waals surface area contributed by atoms with Gasteiger partial charge in [0.25, 0.3) is 0 Å². The van der Waals surface area contributed by atoms with Crippen LogP contribution in [0.25, 0.3) is 0 Å². The minimum absolute atomic E-state index is 0.110. The molecule has 1 aliphatic carbocycles. The fourth-order valence-corrected chi connectivity index (χ4v) is 2.53. The van der Waals surface area contributed by atoms with Crippen molar-refractivity contribution in [3.05, 3.63) is 30.1 Å². The van der Waals surface area contributed by atoms with Crippen molar-refractivity contribution in [3.63, 3.8) is 0 Å². The van der Waals surface area contributed by atoms with Crippen LogP contribution >= 0.6 is 0 Å². The number of rotatable bonds is 6. The molecule has 1 saturated carbocycles. The topological polar surface area (TPSA) is 62.1 Å². The van der Waals surface area contributed by atoms with Gasteiger partial charge in [-0.15, -0.1) is 0 Å². The molecule has 1 amide bonds. The van der Waals surface area contributed by atoms with Gasteiger partial charge in [-0.3, -0.25) is 4.79 Å². The molecule has 0 aromatic heterocycles. The van der Waals surface area contributed by atoms with Crippen molar-refractivity contribution in [2.24, 2.45) is 0 Å². The lowest BCUT2D eigenvalue weighted by Gasteiger charge is -2.21. The van der Waals surface area contributed by atoms with Gasteiger partial charge in [0.1, 0.15) is 17.1 Å². The SMILES string of the molecule is N#CC1(NC(=O)CCCOc2ccc(F)cc2)CCCC1. The van der Waals surface area contributed by atoms with E-state index in [1.165, 1.54) is 12.1 Å². The lowest BCUT2D eigenvalue weighted by atomic mass is 9.99. The van der Waals surface area contributed by atoms with Crippen molar-refractivity contribution in [3.8, 4) is 11.8 Å². The van der Waals surface area contributed by atoms with E-state index in [2.05, 4.69) is 11.4 Å². The lowest BCUT2D eigenvalue weighted by molar-refractivity contribution is -0.122. The zero-order valence-electron chi connectivity index (χ0n) is 11.9. The molecule has 0 atom stereocenters. The Morgan fingerprint density at radius 2 is 2.00 bits per heavy atom. The van der Waals surface area contributed by atoms with Crippen LogP contribution in [0.1, 0.15) is 38.5 Å². The van der Waals surface area contributed by atoms with Crippen molar-refractivity contribution in [2.45, 2.75) is 44.1 Å². The second-order valence-electron chi connectivity index (χ2n) is 5.36. The molecule has 0 bridgehead atoms. The molecular formula is C16H19FN2O2. The fourth-order valence-electron chi connectivity index (χ4n) is 2.53. The summed E-state index contributed by atoms with van der Waals surface area (Å²) in [5.74, 6) is 0.169. The zero-order chi connectivity index (χ0) is 15.1. The Bertz CT molecular complexity index is 516. The quantitative estimate of drug-likeness (QED) is 0.819. The first-order valence-corrected chi connectivity index (χ1v) is 7.24. The Labute approximate surface area is 123 Å². The Balaban J connectivity index is 1.67. The van der Waals surface area contributed by atoms with Gasteiger partial charge in [0, 0.05) is 6.42 Å². The van der Waals surface area contributed by atoms with Crippen molar-refractivity contribution < 1.29 is 13.9 Å². The molecule has 0 spiro atoms. The Morgan fingerprint density at radius 1 is 1.33 bits per heavy atom. The highest BCUT2D eigenvalue weighted by Crippen LogP contribution is 2.28. The number of nitrogens with one attached hydrogen (secondary N) is 1. The third-order valence-corrected chi connectivity index (χ3v) is 3.68. The summed E-state index contributed by atoms with van der Waals surface area (Å²) in [6, 6.07) is 8.00. The largest absolute Gasteiger partial charge is 0.494 e. The summed E-state index contributed by atoms with van der Waals surface area (Å²) < 4.78 is 18.1. The van der Waals surface area contributed by atoms with Crippen LogP contribution in [0.4, 0.5) is 4.39 Å². The molecule has 1 N–H and O–H groups in total. The lowest BCUT2D eigenvalue weighted by Crippen LogP contribution is -2.45. The predicted octanol–water partition coefficient (Wildman–Crippen LogP) is 2.94. The van der Waals surface area contributed by atoms with E-state index in [0.717, 1.165) is 25.7 Å². The van der Waals surface area contributed by atoms with E-state index in [1.54, 1.807) is 12.1 Å². The molecule has 1 fully saturated rings. The van der Waals surface area contributed by atoms with Crippen LogP contribution in [-0.2, 0) is 4.79 Å². The highest BCUT2D eigenvalue weighted by atomic mass is 19.1. The third-order valence-electron chi connectivity index (χ3n) is 3.68. The molecular weight excluding hydrogens is 271 g/mol. The van der Waals surface area contributed by atoms with Gasteiger partial charge in [0.2, 0.25) is 5.91 Å². The summed E-state index contributed by atoms with van der Waals surface area (Å²) in [6.07, 6.45) is 4.33. The number of nitriles is 1. The van der Waals surface area contributed by atoms with E-state index in [-0.39, 0.29) is 11.7 Å². The molecule has 1 aromatic rings. The molecule has 112 valence electrons. The first-order valence-electron chi connectivity index (χ1n) is 7.24. The van der Waals surface area contributed by atoms with E-state index >= 15 is 0 Å². The molecule has 1 aromatic carbocycles. The summed E-state index contributed by atoms with van der Waals surface area (Å²) in [5, 5.41) is 12.0. The summed E-state index contributed by atoms with van der Waals surface area (Å²) in [5.41, 5.74) is -0.658. The van der Waals surface area contributed by atoms with Gasteiger partial charge in [0.05, 0.1) is 12.7 Å². The predicted molar refractivity (Wildman–Crippen MR) is 76.1 cm³/mol. The third kappa shape index (κ3) is 4.45. The maximum Gasteiger partial charge on any atom is 0.221 e. The van der Waals surface area contributed by atoms with Crippen LogP contribution in [0.2, 0.25) is 0 Å².